The summed E-state index contributed by atoms with van der Waals surface area (Å²) in [7, 11) is 2.06. The van der Waals surface area contributed by atoms with E-state index in [1.165, 1.54) is 11.3 Å². The molecule has 0 fully saturated rings. The van der Waals surface area contributed by atoms with Crippen LogP contribution in [0.3, 0.4) is 0 Å². The minimum absolute atomic E-state index is 0.167. The molecule has 0 atom stereocenters. The van der Waals surface area contributed by atoms with E-state index in [0.29, 0.717) is 13.0 Å². The van der Waals surface area contributed by atoms with Crippen LogP contribution in [0, 0.1) is 0 Å². The highest BCUT2D eigenvalue weighted by Gasteiger charge is 2.22. The summed E-state index contributed by atoms with van der Waals surface area (Å²) in [6, 6.07) is 11.7. The molecule has 0 aliphatic carbocycles. The van der Waals surface area contributed by atoms with E-state index in [1.807, 2.05) is 35.2 Å². The highest BCUT2D eigenvalue weighted by molar-refractivity contribution is 5.76. The maximum absolute atomic E-state index is 12.2. The number of rotatable bonds is 4. The number of carbonyl (C=O) groups is 1. The zero-order valence-corrected chi connectivity index (χ0v) is 12.3. The highest BCUT2D eigenvalue weighted by atomic mass is 16.5. The lowest BCUT2D eigenvalue weighted by molar-refractivity contribution is -0.132. The number of ether oxygens (including phenoxy) is 1. The van der Waals surface area contributed by atoms with Gasteiger partial charge in [-0.15, -0.1) is 0 Å². The molecule has 0 N–H and O–H groups in total. The molecule has 2 aromatic rings. The van der Waals surface area contributed by atoms with Gasteiger partial charge in [0.15, 0.2) is 0 Å². The summed E-state index contributed by atoms with van der Waals surface area (Å²) in [6.07, 6.45) is 3.43. The average molecular weight is 284 g/mol. The van der Waals surface area contributed by atoms with Crippen LogP contribution in [0.2, 0.25) is 0 Å². The quantitative estimate of drug-likeness (QED) is 0.864. The fourth-order valence-corrected chi connectivity index (χ4v) is 2.76. The lowest BCUT2D eigenvalue weighted by atomic mass is 10.1. The van der Waals surface area contributed by atoms with E-state index in [4.69, 9.17) is 4.74 Å². The molecule has 3 rings (SSSR count). The highest BCUT2D eigenvalue weighted by Crippen LogP contribution is 2.20. The van der Waals surface area contributed by atoms with Gasteiger partial charge in [-0.1, -0.05) is 18.2 Å². The van der Waals surface area contributed by atoms with Crippen molar-refractivity contribution in [2.24, 2.45) is 7.05 Å². The van der Waals surface area contributed by atoms with Crippen molar-refractivity contribution >= 4 is 5.91 Å². The Balaban J connectivity index is 1.50. The Morgan fingerprint density at radius 1 is 1.24 bits per heavy atom. The third-order valence-electron chi connectivity index (χ3n) is 3.96. The van der Waals surface area contributed by atoms with Crippen molar-refractivity contribution < 1.29 is 9.53 Å². The Kier molecular flexibility index (Phi) is 3.95. The minimum atomic E-state index is 0.167. The molecule has 0 unspecified atom stereocenters. The Bertz CT molecular complexity index is 619. The maximum atomic E-state index is 12.2. The topological polar surface area (TPSA) is 34.5 Å². The number of nitrogens with zero attached hydrogens (tertiary/aromatic N) is 2. The second-order valence-corrected chi connectivity index (χ2v) is 5.38. The molecule has 0 saturated carbocycles. The molecule has 1 amide bonds. The summed E-state index contributed by atoms with van der Waals surface area (Å²) in [5.74, 6) is 0.981. The van der Waals surface area contributed by atoms with Crippen molar-refractivity contribution in [3.8, 4) is 5.75 Å². The predicted molar refractivity (Wildman–Crippen MR) is 81.1 cm³/mol. The summed E-state index contributed by atoms with van der Waals surface area (Å²) in [5.41, 5.74) is 2.61. The number of para-hydroxylation sites is 1. The van der Waals surface area contributed by atoms with Crippen LogP contribution in [-0.2, 0) is 24.8 Å². The summed E-state index contributed by atoms with van der Waals surface area (Å²) in [4.78, 5) is 14.2. The molecule has 110 valence electrons. The number of benzene rings is 1. The Morgan fingerprint density at radius 3 is 2.86 bits per heavy atom. The molecule has 1 aromatic carbocycles. The number of hydrogen-bond donors (Lipinski definition) is 0. The maximum Gasteiger partial charge on any atom is 0.226 e. The number of carbonyl (C=O) groups excluding carboxylic acids is 1. The van der Waals surface area contributed by atoms with Gasteiger partial charge in [0.25, 0.3) is 0 Å². The lowest BCUT2D eigenvalue weighted by Crippen LogP contribution is -2.36. The van der Waals surface area contributed by atoms with Gasteiger partial charge in [0.05, 0.1) is 13.0 Å². The third-order valence-corrected chi connectivity index (χ3v) is 3.96. The first-order chi connectivity index (χ1) is 10.2. The van der Waals surface area contributed by atoms with Crippen LogP contribution in [-0.4, -0.2) is 28.5 Å². The summed E-state index contributed by atoms with van der Waals surface area (Å²) in [5, 5.41) is 0. The monoisotopic (exact) mass is 284 g/mol. The number of fused-ring (bicyclic) bond motifs is 1. The van der Waals surface area contributed by atoms with Crippen molar-refractivity contribution in [2.75, 3.05) is 13.2 Å². The zero-order chi connectivity index (χ0) is 14.7. The zero-order valence-electron chi connectivity index (χ0n) is 12.3. The van der Waals surface area contributed by atoms with Gasteiger partial charge in [-0.25, -0.2) is 0 Å². The van der Waals surface area contributed by atoms with Crippen molar-refractivity contribution in [3.63, 3.8) is 0 Å². The molecular formula is C17H20N2O2. The number of aromatic nitrogens is 1. The van der Waals surface area contributed by atoms with E-state index >= 15 is 0 Å². The van der Waals surface area contributed by atoms with Crippen molar-refractivity contribution in [1.29, 1.82) is 0 Å². The van der Waals surface area contributed by atoms with Gasteiger partial charge >= 0.3 is 0 Å². The summed E-state index contributed by atoms with van der Waals surface area (Å²) < 4.78 is 7.74. The second-order valence-electron chi connectivity index (χ2n) is 5.38. The van der Waals surface area contributed by atoms with Gasteiger partial charge in [-0.2, -0.15) is 0 Å². The van der Waals surface area contributed by atoms with Gasteiger partial charge in [-0.3, -0.25) is 4.79 Å². The minimum Gasteiger partial charge on any atom is -0.493 e. The fraction of sp³-hybridized carbons (Fsp3) is 0.353. The van der Waals surface area contributed by atoms with Crippen LogP contribution < -0.4 is 4.74 Å². The molecule has 4 nitrogen and oxygen atoms in total. The number of hydrogen-bond acceptors (Lipinski definition) is 2. The Labute approximate surface area is 124 Å². The molecule has 4 heteroatoms. The van der Waals surface area contributed by atoms with Crippen molar-refractivity contribution in [3.05, 3.63) is 53.9 Å². The predicted octanol–water partition coefficient (Wildman–Crippen LogP) is 2.38. The van der Waals surface area contributed by atoms with Crippen molar-refractivity contribution in [2.45, 2.75) is 19.4 Å². The van der Waals surface area contributed by atoms with Crippen LogP contribution in [0.5, 0.6) is 5.75 Å². The first-order valence-corrected chi connectivity index (χ1v) is 7.33. The molecule has 0 bridgehead atoms. The Hall–Kier alpha value is -2.23. The molecule has 0 radical (unpaired) electrons. The molecule has 2 heterocycles. The smallest absolute Gasteiger partial charge is 0.226 e. The molecule has 0 saturated heterocycles. The van der Waals surface area contributed by atoms with Crippen LogP contribution >= 0.6 is 0 Å². The molecular weight excluding hydrogens is 264 g/mol. The third kappa shape index (κ3) is 3.10. The van der Waals surface area contributed by atoms with Crippen LogP contribution in [0.25, 0.3) is 0 Å². The van der Waals surface area contributed by atoms with Gasteiger partial charge in [0.2, 0.25) is 5.91 Å². The molecule has 1 aromatic heterocycles. The van der Waals surface area contributed by atoms with E-state index in [1.54, 1.807) is 0 Å². The largest absolute Gasteiger partial charge is 0.493 e. The van der Waals surface area contributed by atoms with E-state index in [9.17, 15) is 4.79 Å². The van der Waals surface area contributed by atoms with Crippen LogP contribution in [0.15, 0.2) is 42.6 Å². The van der Waals surface area contributed by atoms with Crippen LogP contribution in [0.4, 0.5) is 0 Å². The SMILES string of the molecule is Cn1ccc2c1CCN(C(=O)CCOc1ccccc1)C2. The standard InChI is InChI=1S/C17H20N2O2/c1-18-10-7-14-13-19(11-8-16(14)18)17(20)9-12-21-15-5-3-2-4-6-15/h2-7,10H,8-9,11-13H2,1H3. The Morgan fingerprint density at radius 2 is 2.05 bits per heavy atom. The normalized spacial score (nSPS) is 13.9. The van der Waals surface area contributed by atoms with E-state index in [-0.39, 0.29) is 5.91 Å². The number of aryl methyl sites for hydroxylation is 1. The van der Waals surface area contributed by atoms with E-state index in [2.05, 4.69) is 23.9 Å². The fourth-order valence-electron chi connectivity index (χ4n) is 2.76. The summed E-state index contributed by atoms with van der Waals surface area (Å²) in [6.45, 7) is 1.95. The first kappa shape index (κ1) is 13.7. The molecule has 0 spiro atoms. The van der Waals surface area contributed by atoms with E-state index < -0.39 is 0 Å². The van der Waals surface area contributed by atoms with Gasteiger partial charge in [0, 0.05) is 38.4 Å². The van der Waals surface area contributed by atoms with Gasteiger partial charge in [0.1, 0.15) is 5.75 Å². The number of amides is 1. The first-order valence-electron chi connectivity index (χ1n) is 7.33. The van der Waals surface area contributed by atoms with Gasteiger partial charge < -0.3 is 14.2 Å². The molecule has 21 heavy (non-hydrogen) atoms. The lowest BCUT2D eigenvalue weighted by Gasteiger charge is -2.27. The molecule has 1 aliphatic heterocycles. The van der Waals surface area contributed by atoms with Crippen LogP contribution in [0.1, 0.15) is 17.7 Å². The van der Waals surface area contributed by atoms with Gasteiger partial charge in [-0.05, 0) is 23.8 Å². The average Bonchev–Trinajstić information content (AvgIpc) is 2.89. The van der Waals surface area contributed by atoms with E-state index in [0.717, 1.165) is 25.3 Å². The second kappa shape index (κ2) is 6.04. The molecule has 1 aliphatic rings. The van der Waals surface area contributed by atoms with Crippen molar-refractivity contribution in [1.82, 2.24) is 9.47 Å². The summed E-state index contributed by atoms with van der Waals surface area (Å²) >= 11 is 0.